The summed E-state index contributed by atoms with van der Waals surface area (Å²) in [5.41, 5.74) is 1.07. The summed E-state index contributed by atoms with van der Waals surface area (Å²) in [6, 6.07) is 9.78. The number of cyclic esters (lactones) is 1. The maximum atomic E-state index is 10.7. The Bertz CT molecular complexity index is 279. The lowest BCUT2D eigenvalue weighted by molar-refractivity contribution is -0.139. The number of hydrogen-bond donors (Lipinski definition) is 0. The molecule has 2 heteroatoms. The van der Waals surface area contributed by atoms with Gasteiger partial charge in [0, 0.05) is 6.42 Å². The predicted molar refractivity (Wildman–Crippen MR) is 44.2 cm³/mol. The molecule has 1 unspecified atom stereocenters. The fourth-order valence-electron chi connectivity index (χ4n) is 1.31. The van der Waals surface area contributed by atoms with Crippen LogP contribution in [-0.4, -0.2) is 5.97 Å². The van der Waals surface area contributed by atoms with Crippen molar-refractivity contribution in [1.82, 2.24) is 0 Å². The van der Waals surface area contributed by atoms with E-state index in [-0.39, 0.29) is 12.1 Å². The van der Waals surface area contributed by atoms with Gasteiger partial charge in [-0.15, -0.1) is 0 Å². The molecule has 0 spiro atoms. The molecule has 0 bridgehead atoms. The molecule has 2 nitrogen and oxygen atoms in total. The van der Waals surface area contributed by atoms with Gasteiger partial charge in [-0.25, -0.2) is 0 Å². The largest absolute Gasteiger partial charge is 0.457 e. The zero-order valence-electron chi connectivity index (χ0n) is 6.57. The molecule has 12 heavy (non-hydrogen) atoms. The number of benzene rings is 1. The molecule has 0 saturated carbocycles. The van der Waals surface area contributed by atoms with Crippen LogP contribution in [0.1, 0.15) is 18.1 Å². The van der Waals surface area contributed by atoms with E-state index >= 15 is 0 Å². The number of carbonyl (C=O) groups excluding carboxylic acids is 1. The molecule has 1 atom stereocenters. The highest BCUT2D eigenvalue weighted by Crippen LogP contribution is 2.27. The second-order valence-corrected chi connectivity index (χ2v) is 2.78. The van der Waals surface area contributed by atoms with Gasteiger partial charge in [0.15, 0.2) is 0 Å². The van der Waals surface area contributed by atoms with Crippen LogP contribution in [0, 0.1) is 6.42 Å². The normalized spacial score (nSPS) is 22.3. The van der Waals surface area contributed by atoms with E-state index in [9.17, 15) is 4.79 Å². The molecular weight excluding hydrogens is 152 g/mol. The van der Waals surface area contributed by atoms with Gasteiger partial charge >= 0.3 is 5.97 Å². The van der Waals surface area contributed by atoms with Crippen molar-refractivity contribution < 1.29 is 9.53 Å². The third-order valence-electron chi connectivity index (χ3n) is 1.93. The maximum absolute atomic E-state index is 10.7. The van der Waals surface area contributed by atoms with Gasteiger partial charge in [0.1, 0.15) is 6.10 Å². The summed E-state index contributed by atoms with van der Waals surface area (Å²) in [4.78, 5) is 10.7. The summed E-state index contributed by atoms with van der Waals surface area (Å²) in [5.74, 6) is -0.205. The summed E-state index contributed by atoms with van der Waals surface area (Å²) in [7, 11) is 0. The van der Waals surface area contributed by atoms with E-state index in [4.69, 9.17) is 4.74 Å². The van der Waals surface area contributed by atoms with Crippen molar-refractivity contribution in [2.45, 2.75) is 12.5 Å². The minimum absolute atomic E-state index is 0.0568. The van der Waals surface area contributed by atoms with Crippen LogP contribution in [0.25, 0.3) is 0 Å². The molecule has 1 fully saturated rings. The molecule has 1 aromatic rings. The van der Waals surface area contributed by atoms with Crippen molar-refractivity contribution in [3.63, 3.8) is 0 Å². The lowest BCUT2D eigenvalue weighted by Gasteiger charge is -2.07. The molecule has 2 rings (SSSR count). The van der Waals surface area contributed by atoms with Crippen LogP contribution in [-0.2, 0) is 9.53 Å². The Morgan fingerprint density at radius 1 is 1.25 bits per heavy atom. The Morgan fingerprint density at radius 2 is 2.00 bits per heavy atom. The Kier molecular flexibility index (Phi) is 1.82. The van der Waals surface area contributed by atoms with Gasteiger partial charge < -0.3 is 4.74 Å². The standard InChI is InChI=1S/C10H9O2/c11-10-7-6-9(12-10)8-4-2-1-3-5-8/h1-5,7,9H,6H2. The van der Waals surface area contributed by atoms with Crippen molar-refractivity contribution in [1.29, 1.82) is 0 Å². The summed E-state index contributed by atoms with van der Waals surface area (Å²) in [5, 5.41) is 0. The first-order chi connectivity index (χ1) is 5.86. The zero-order valence-corrected chi connectivity index (χ0v) is 6.57. The molecule has 1 saturated heterocycles. The smallest absolute Gasteiger partial charge is 0.310 e. The Hall–Kier alpha value is -1.31. The Labute approximate surface area is 71.2 Å². The average Bonchev–Trinajstić information content (AvgIpc) is 2.54. The molecule has 1 radical (unpaired) electrons. The van der Waals surface area contributed by atoms with Crippen molar-refractivity contribution in [2.24, 2.45) is 0 Å². The van der Waals surface area contributed by atoms with Crippen LogP contribution in [0.2, 0.25) is 0 Å². The number of ether oxygens (including phenoxy) is 1. The van der Waals surface area contributed by atoms with E-state index in [0.29, 0.717) is 6.42 Å². The van der Waals surface area contributed by atoms with E-state index in [0.717, 1.165) is 5.56 Å². The van der Waals surface area contributed by atoms with Gasteiger partial charge in [0.25, 0.3) is 0 Å². The van der Waals surface area contributed by atoms with Gasteiger partial charge in [0.2, 0.25) is 0 Å². The van der Waals surface area contributed by atoms with E-state index < -0.39 is 0 Å². The van der Waals surface area contributed by atoms with Crippen LogP contribution in [0.5, 0.6) is 0 Å². The molecule has 61 valence electrons. The first kappa shape index (κ1) is 7.35. The van der Waals surface area contributed by atoms with Gasteiger partial charge in [-0.3, -0.25) is 4.79 Å². The van der Waals surface area contributed by atoms with Gasteiger partial charge in [-0.05, 0) is 5.56 Å². The molecule has 1 aliphatic heterocycles. The molecule has 1 aromatic carbocycles. The van der Waals surface area contributed by atoms with E-state index in [1.807, 2.05) is 30.3 Å². The molecule has 1 aliphatic rings. The molecule has 0 aliphatic carbocycles. The molecule has 0 amide bonds. The fraction of sp³-hybridized carbons (Fsp3) is 0.200. The van der Waals surface area contributed by atoms with Crippen LogP contribution < -0.4 is 0 Å². The van der Waals surface area contributed by atoms with Gasteiger partial charge in [-0.2, -0.15) is 0 Å². The van der Waals surface area contributed by atoms with Crippen LogP contribution in [0.4, 0.5) is 0 Å². The lowest BCUT2D eigenvalue weighted by atomic mass is 10.1. The third kappa shape index (κ3) is 1.33. The monoisotopic (exact) mass is 161 g/mol. The van der Waals surface area contributed by atoms with E-state index in [1.165, 1.54) is 0 Å². The quantitative estimate of drug-likeness (QED) is 0.588. The van der Waals surface area contributed by atoms with Gasteiger partial charge in [-0.1, -0.05) is 30.3 Å². The molecule has 0 N–H and O–H groups in total. The van der Waals surface area contributed by atoms with Crippen molar-refractivity contribution in [2.75, 3.05) is 0 Å². The van der Waals surface area contributed by atoms with Crippen LogP contribution in [0.3, 0.4) is 0 Å². The maximum Gasteiger partial charge on any atom is 0.310 e. The third-order valence-corrected chi connectivity index (χ3v) is 1.93. The highest BCUT2D eigenvalue weighted by Gasteiger charge is 2.24. The summed E-state index contributed by atoms with van der Waals surface area (Å²) in [6.45, 7) is 0. The average molecular weight is 161 g/mol. The summed E-state index contributed by atoms with van der Waals surface area (Å²) in [6.07, 6.45) is 2.22. The minimum atomic E-state index is -0.205. The lowest BCUT2D eigenvalue weighted by Crippen LogP contribution is -1.97. The van der Waals surface area contributed by atoms with Crippen molar-refractivity contribution in [3.05, 3.63) is 42.3 Å². The molecular formula is C10H9O2. The Balaban J connectivity index is 2.16. The molecule has 1 heterocycles. The second-order valence-electron chi connectivity index (χ2n) is 2.78. The first-order valence-electron chi connectivity index (χ1n) is 3.95. The topological polar surface area (TPSA) is 26.3 Å². The SMILES string of the molecule is O=C1[CH]CC(c2ccccc2)O1. The highest BCUT2D eigenvalue weighted by molar-refractivity contribution is 5.81. The van der Waals surface area contributed by atoms with E-state index in [1.54, 1.807) is 6.42 Å². The van der Waals surface area contributed by atoms with Crippen molar-refractivity contribution >= 4 is 5.97 Å². The molecule has 0 aromatic heterocycles. The highest BCUT2D eigenvalue weighted by atomic mass is 16.5. The predicted octanol–water partition coefficient (Wildman–Crippen LogP) is 1.88. The van der Waals surface area contributed by atoms with Crippen LogP contribution >= 0.6 is 0 Å². The van der Waals surface area contributed by atoms with Gasteiger partial charge in [0.05, 0.1) is 6.42 Å². The number of carbonyl (C=O) groups is 1. The zero-order chi connectivity index (χ0) is 8.39. The van der Waals surface area contributed by atoms with Crippen LogP contribution in [0.15, 0.2) is 30.3 Å². The minimum Gasteiger partial charge on any atom is -0.457 e. The van der Waals surface area contributed by atoms with E-state index in [2.05, 4.69) is 0 Å². The second kappa shape index (κ2) is 2.97. The fourth-order valence-corrected chi connectivity index (χ4v) is 1.31. The number of rotatable bonds is 1. The number of esters is 1. The number of hydrogen-bond acceptors (Lipinski definition) is 2. The summed E-state index contributed by atoms with van der Waals surface area (Å²) < 4.78 is 5.05. The summed E-state index contributed by atoms with van der Waals surface area (Å²) >= 11 is 0. The first-order valence-corrected chi connectivity index (χ1v) is 3.95. The Morgan fingerprint density at radius 3 is 2.58 bits per heavy atom. The van der Waals surface area contributed by atoms with Crippen molar-refractivity contribution in [3.8, 4) is 0 Å².